The largest absolute Gasteiger partial charge is 0.444 e. The topological polar surface area (TPSA) is 46.6 Å². The molecule has 5 heteroatoms. The van der Waals surface area contributed by atoms with E-state index in [1.807, 2.05) is 0 Å². The van der Waals surface area contributed by atoms with E-state index in [1.54, 1.807) is 59.0 Å². The molecule has 0 N–H and O–H groups in total. The minimum atomic E-state index is -0.550. The maximum absolute atomic E-state index is 12.3. The molecule has 1 rings (SSSR count). The molecule has 4 nitrogen and oxygen atoms in total. The number of ketones is 1. The number of rotatable bonds is 4. The summed E-state index contributed by atoms with van der Waals surface area (Å²) in [5, 5.41) is 0.522. The van der Waals surface area contributed by atoms with Crippen molar-refractivity contribution in [1.29, 1.82) is 0 Å². The monoisotopic (exact) mass is 311 g/mol. The summed E-state index contributed by atoms with van der Waals surface area (Å²) in [6.07, 6.45) is -0.437. The van der Waals surface area contributed by atoms with Crippen LogP contribution in [0.25, 0.3) is 0 Å². The number of amides is 1. The number of halogens is 1. The Hall–Kier alpha value is -1.55. The molecule has 0 aliphatic rings. The number of ether oxygens (including phenoxy) is 1. The predicted octanol–water partition coefficient (Wildman–Crippen LogP) is 4.03. The van der Waals surface area contributed by atoms with Gasteiger partial charge in [-0.1, -0.05) is 30.7 Å². The molecular weight excluding hydrogens is 290 g/mol. The van der Waals surface area contributed by atoms with Crippen LogP contribution in [-0.2, 0) is 4.74 Å². The highest BCUT2D eigenvalue weighted by Gasteiger charge is 2.23. The second-order valence-electron chi connectivity index (χ2n) is 6.14. The van der Waals surface area contributed by atoms with E-state index in [1.165, 1.54) is 4.90 Å². The van der Waals surface area contributed by atoms with Crippen molar-refractivity contribution in [2.45, 2.75) is 33.3 Å². The van der Waals surface area contributed by atoms with Crippen LogP contribution in [0.4, 0.5) is 4.79 Å². The molecule has 0 saturated heterocycles. The summed E-state index contributed by atoms with van der Waals surface area (Å²) in [6.45, 7) is 7.49. The Labute approximate surface area is 131 Å². The van der Waals surface area contributed by atoms with E-state index in [0.29, 0.717) is 17.1 Å². The molecule has 21 heavy (non-hydrogen) atoms. The first-order valence-corrected chi connectivity index (χ1v) is 7.22. The van der Waals surface area contributed by atoms with E-state index in [-0.39, 0.29) is 11.7 Å². The van der Waals surface area contributed by atoms with Crippen LogP contribution in [0.15, 0.2) is 24.3 Å². The second-order valence-corrected chi connectivity index (χ2v) is 6.57. The maximum atomic E-state index is 12.3. The van der Waals surface area contributed by atoms with Crippen LogP contribution in [0.1, 0.15) is 38.1 Å². The molecule has 0 spiro atoms. The van der Waals surface area contributed by atoms with Gasteiger partial charge in [-0.3, -0.25) is 4.79 Å². The van der Waals surface area contributed by atoms with Crippen LogP contribution < -0.4 is 0 Å². The van der Waals surface area contributed by atoms with Crippen molar-refractivity contribution in [2.75, 3.05) is 13.6 Å². The normalized spacial score (nSPS) is 12.7. The van der Waals surface area contributed by atoms with Crippen molar-refractivity contribution in [2.24, 2.45) is 5.92 Å². The fourth-order valence-electron chi connectivity index (χ4n) is 1.83. The molecule has 0 radical (unpaired) electrons. The van der Waals surface area contributed by atoms with Crippen molar-refractivity contribution in [3.05, 3.63) is 34.9 Å². The van der Waals surface area contributed by atoms with Crippen LogP contribution in [0.3, 0.4) is 0 Å². The summed E-state index contributed by atoms with van der Waals surface area (Å²) in [7, 11) is 1.62. The zero-order valence-electron chi connectivity index (χ0n) is 13.1. The molecule has 1 unspecified atom stereocenters. The first-order chi connectivity index (χ1) is 9.60. The molecule has 0 heterocycles. The van der Waals surface area contributed by atoms with Gasteiger partial charge in [0.1, 0.15) is 5.60 Å². The first kappa shape index (κ1) is 17.5. The van der Waals surface area contributed by atoms with Gasteiger partial charge in [0, 0.05) is 30.1 Å². The number of nitrogens with zero attached hydrogens (tertiary/aromatic N) is 1. The van der Waals surface area contributed by atoms with Gasteiger partial charge in [-0.05, 0) is 32.9 Å². The van der Waals surface area contributed by atoms with Gasteiger partial charge < -0.3 is 9.64 Å². The lowest BCUT2D eigenvalue weighted by atomic mass is 9.99. The molecule has 0 aliphatic heterocycles. The molecule has 0 aromatic heterocycles. The Morgan fingerprint density at radius 2 is 1.95 bits per heavy atom. The van der Waals surface area contributed by atoms with Crippen LogP contribution in [0.2, 0.25) is 5.02 Å². The average molecular weight is 312 g/mol. The van der Waals surface area contributed by atoms with E-state index in [4.69, 9.17) is 16.3 Å². The molecule has 1 aromatic rings. The average Bonchev–Trinajstić information content (AvgIpc) is 2.35. The lowest BCUT2D eigenvalue weighted by Gasteiger charge is -2.26. The Kier molecular flexibility index (Phi) is 5.78. The zero-order valence-corrected chi connectivity index (χ0v) is 13.9. The van der Waals surface area contributed by atoms with Crippen LogP contribution >= 0.6 is 11.6 Å². The molecule has 116 valence electrons. The van der Waals surface area contributed by atoms with Crippen molar-refractivity contribution >= 4 is 23.5 Å². The van der Waals surface area contributed by atoms with E-state index >= 15 is 0 Å². The summed E-state index contributed by atoms with van der Waals surface area (Å²) in [5.41, 5.74) is -0.00136. The summed E-state index contributed by atoms with van der Waals surface area (Å²) in [5.74, 6) is -0.381. The highest BCUT2D eigenvalue weighted by Crippen LogP contribution is 2.16. The molecule has 1 aromatic carbocycles. The van der Waals surface area contributed by atoms with Crippen molar-refractivity contribution in [3.8, 4) is 0 Å². The van der Waals surface area contributed by atoms with Gasteiger partial charge in [0.15, 0.2) is 5.78 Å². The molecule has 1 atom stereocenters. The van der Waals surface area contributed by atoms with E-state index in [0.717, 1.165) is 0 Å². The molecule has 0 bridgehead atoms. The fraction of sp³-hybridized carbons (Fsp3) is 0.500. The van der Waals surface area contributed by atoms with E-state index < -0.39 is 11.7 Å². The SMILES string of the molecule is CC(CN(C)C(=O)OC(C)(C)C)C(=O)c1cccc(Cl)c1. The highest BCUT2D eigenvalue weighted by atomic mass is 35.5. The van der Waals surface area contributed by atoms with Gasteiger partial charge in [0.25, 0.3) is 0 Å². The van der Waals surface area contributed by atoms with Crippen LogP contribution in [0.5, 0.6) is 0 Å². The molecule has 0 fully saturated rings. The van der Waals surface area contributed by atoms with Gasteiger partial charge in [0.2, 0.25) is 0 Å². The Bertz CT molecular complexity index is 522. The molecule has 0 aliphatic carbocycles. The smallest absolute Gasteiger partial charge is 0.410 e. The van der Waals surface area contributed by atoms with Gasteiger partial charge in [-0.2, -0.15) is 0 Å². The number of hydrogen-bond donors (Lipinski definition) is 0. The number of carbonyl (C=O) groups is 2. The lowest BCUT2D eigenvalue weighted by molar-refractivity contribution is 0.0278. The minimum absolute atomic E-state index is 0.0482. The summed E-state index contributed by atoms with van der Waals surface area (Å²) < 4.78 is 5.26. The molecular formula is C16H22ClNO3. The van der Waals surface area contributed by atoms with Crippen LogP contribution in [0, 0.1) is 5.92 Å². The van der Waals surface area contributed by atoms with Crippen molar-refractivity contribution in [3.63, 3.8) is 0 Å². The quantitative estimate of drug-likeness (QED) is 0.789. The van der Waals surface area contributed by atoms with E-state index in [9.17, 15) is 9.59 Å². The van der Waals surface area contributed by atoms with E-state index in [2.05, 4.69) is 0 Å². The van der Waals surface area contributed by atoms with Gasteiger partial charge >= 0.3 is 6.09 Å². The van der Waals surface area contributed by atoms with Crippen LogP contribution in [-0.4, -0.2) is 36.0 Å². The second kappa shape index (κ2) is 6.94. The summed E-state index contributed by atoms with van der Waals surface area (Å²) in [4.78, 5) is 25.6. The third-order valence-electron chi connectivity index (χ3n) is 2.81. The maximum Gasteiger partial charge on any atom is 0.410 e. The highest BCUT2D eigenvalue weighted by molar-refractivity contribution is 6.31. The minimum Gasteiger partial charge on any atom is -0.444 e. The Balaban J connectivity index is 2.66. The summed E-state index contributed by atoms with van der Waals surface area (Å²) >= 11 is 5.89. The predicted molar refractivity (Wildman–Crippen MR) is 83.8 cm³/mol. The number of Topliss-reactive ketones (excluding diaryl/α,β-unsaturated/α-hetero) is 1. The fourth-order valence-corrected chi connectivity index (χ4v) is 2.02. The number of hydrogen-bond acceptors (Lipinski definition) is 3. The third kappa shape index (κ3) is 5.76. The Morgan fingerprint density at radius 1 is 1.33 bits per heavy atom. The molecule has 0 saturated carbocycles. The third-order valence-corrected chi connectivity index (χ3v) is 3.04. The molecule has 1 amide bonds. The number of carbonyl (C=O) groups excluding carboxylic acids is 2. The summed E-state index contributed by atoms with van der Waals surface area (Å²) in [6, 6.07) is 6.81. The van der Waals surface area contributed by atoms with Gasteiger partial charge in [-0.15, -0.1) is 0 Å². The standard InChI is InChI=1S/C16H22ClNO3/c1-11(10-18(5)15(20)21-16(2,3)4)14(19)12-7-6-8-13(17)9-12/h6-9,11H,10H2,1-5H3. The van der Waals surface area contributed by atoms with Crippen molar-refractivity contribution in [1.82, 2.24) is 4.90 Å². The van der Waals surface area contributed by atoms with Crippen molar-refractivity contribution < 1.29 is 14.3 Å². The number of benzene rings is 1. The van der Waals surface area contributed by atoms with Gasteiger partial charge in [-0.25, -0.2) is 4.79 Å². The lowest BCUT2D eigenvalue weighted by Crippen LogP contribution is -2.38. The first-order valence-electron chi connectivity index (χ1n) is 6.84. The van der Waals surface area contributed by atoms with Gasteiger partial charge in [0.05, 0.1) is 0 Å². The zero-order chi connectivity index (χ0) is 16.2. The Morgan fingerprint density at radius 3 is 2.48 bits per heavy atom.